The van der Waals surface area contributed by atoms with E-state index in [1.54, 1.807) is 7.11 Å². The van der Waals surface area contributed by atoms with Gasteiger partial charge in [0.25, 0.3) is 0 Å². The van der Waals surface area contributed by atoms with Crippen molar-refractivity contribution in [2.75, 3.05) is 33.4 Å². The van der Waals surface area contributed by atoms with Crippen LogP contribution in [0.3, 0.4) is 0 Å². The second kappa shape index (κ2) is 6.50. The fraction of sp³-hybridized carbons (Fsp3) is 0.923. The number of carbonyl (C=O) groups excluding carboxylic acids is 1. The molecule has 2 fully saturated rings. The molecule has 18 heavy (non-hydrogen) atoms. The Morgan fingerprint density at radius 1 is 1.39 bits per heavy atom. The molecule has 0 aromatic rings. The van der Waals surface area contributed by atoms with Crippen LogP contribution in [0.1, 0.15) is 25.7 Å². The average Bonchev–Trinajstić information content (AvgIpc) is 2.46. The smallest absolute Gasteiger partial charge is 0.226 e. The molecule has 1 amide bonds. The van der Waals surface area contributed by atoms with E-state index in [0.29, 0.717) is 19.8 Å². The monoisotopic (exact) mass is 256 g/mol. The molecule has 2 unspecified atom stereocenters. The number of hydrogen-bond acceptors (Lipinski definition) is 4. The molecule has 2 heterocycles. The third-order valence-electron chi connectivity index (χ3n) is 4.13. The van der Waals surface area contributed by atoms with Gasteiger partial charge in [0.05, 0.1) is 6.10 Å². The minimum absolute atomic E-state index is 0.131. The number of rotatable bonds is 3. The van der Waals surface area contributed by atoms with E-state index in [9.17, 15) is 4.79 Å². The average molecular weight is 256 g/mol. The summed E-state index contributed by atoms with van der Waals surface area (Å²) in [4.78, 5) is 14.5. The highest BCUT2D eigenvalue weighted by Crippen LogP contribution is 2.24. The van der Waals surface area contributed by atoms with E-state index in [4.69, 9.17) is 15.2 Å². The van der Waals surface area contributed by atoms with Gasteiger partial charge in [0, 0.05) is 45.4 Å². The van der Waals surface area contributed by atoms with Crippen molar-refractivity contribution in [3.63, 3.8) is 0 Å². The fourth-order valence-electron chi connectivity index (χ4n) is 2.92. The van der Waals surface area contributed by atoms with E-state index in [2.05, 4.69) is 0 Å². The summed E-state index contributed by atoms with van der Waals surface area (Å²) in [5.41, 5.74) is 5.80. The molecule has 2 N–H and O–H groups in total. The van der Waals surface area contributed by atoms with Crippen molar-refractivity contribution in [2.24, 2.45) is 11.7 Å². The molecule has 0 aromatic heterocycles. The molecule has 2 aliphatic heterocycles. The van der Waals surface area contributed by atoms with Crippen molar-refractivity contribution in [1.82, 2.24) is 4.90 Å². The van der Waals surface area contributed by atoms with Gasteiger partial charge in [-0.15, -0.1) is 0 Å². The Labute approximate surface area is 109 Å². The van der Waals surface area contributed by atoms with Gasteiger partial charge in [0.1, 0.15) is 0 Å². The van der Waals surface area contributed by atoms with Crippen LogP contribution in [-0.2, 0) is 14.3 Å². The first-order chi connectivity index (χ1) is 8.76. The lowest BCUT2D eigenvalue weighted by molar-refractivity contribution is -0.144. The molecule has 0 bridgehead atoms. The number of nitrogens with two attached hydrogens (primary N) is 1. The quantitative estimate of drug-likeness (QED) is 0.793. The molecule has 2 rings (SSSR count). The van der Waals surface area contributed by atoms with Crippen molar-refractivity contribution < 1.29 is 14.3 Å². The van der Waals surface area contributed by atoms with Crippen LogP contribution in [0.15, 0.2) is 0 Å². The molecule has 2 aliphatic rings. The summed E-state index contributed by atoms with van der Waals surface area (Å²) < 4.78 is 10.7. The zero-order chi connectivity index (χ0) is 13.0. The SMILES string of the molecule is COC1CCN(C(=O)C2CCOCC2)C(CN)C1. The normalized spacial score (nSPS) is 30.4. The highest BCUT2D eigenvalue weighted by atomic mass is 16.5. The second-order valence-electron chi connectivity index (χ2n) is 5.19. The van der Waals surface area contributed by atoms with Crippen LogP contribution in [0.2, 0.25) is 0 Å². The van der Waals surface area contributed by atoms with Gasteiger partial charge in [-0.25, -0.2) is 0 Å². The third-order valence-corrected chi connectivity index (χ3v) is 4.13. The molecular weight excluding hydrogens is 232 g/mol. The number of amides is 1. The van der Waals surface area contributed by atoms with E-state index in [0.717, 1.165) is 32.2 Å². The Balaban J connectivity index is 1.95. The highest BCUT2D eigenvalue weighted by Gasteiger charge is 2.34. The summed E-state index contributed by atoms with van der Waals surface area (Å²) in [7, 11) is 1.73. The maximum atomic E-state index is 12.5. The second-order valence-corrected chi connectivity index (χ2v) is 5.19. The number of methoxy groups -OCH3 is 1. The van der Waals surface area contributed by atoms with Crippen molar-refractivity contribution in [1.29, 1.82) is 0 Å². The van der Waals surface area contributed by atoms with Gasteiger partial charge in [-0.2, -0.15) is 0 Å². The Morgan fingerprint density at radius 3 is 2.72 bits per heavy atom. The molecule has 0 radical (unpaired) electrons. The third kappa shape index (κ3) is 3.02. The van der Waals surface area contributed by atoms with E-state index < -0.39 is 0 Å². The number of nitrogens with zero attached hydrogens (tertiary/aromatic N) is 1. The minimum Gasteiger partial charge on any atom is -0.381 e. The van der Waals surface area contributed by atoms with E-state index >= 15 is 0 Å². The summed E-state index contributed by atoms with van der Waals surface area (Å²) in [6, 6.07) is 0.138. The zero-order valence-corrected chi connectivity index (χ0v) is 11.1. The number of hydrogen-bond donors (Lipinski definition) is 1. The number of likely N-dealkylation sites (tertiary alicyclic amines) is 1. The molecule has 5 heteroatoms. The predicted molar refractivity (Wildman–Crippen MR) is 68.1 cm³/mol. The van der Waals surface area contributed by atoms with Crippen LogP contribution in [0.4, 0.5) is 0 Å². The van der Waals surface area contributed by atoms with Gasteiger partial charge in [0.15, 0.2) is 0 Å². The van der Waals surface area contributed by atoms with Crippen LogP contribution in [0.25, 0.3) is 0 Å². The Bertz CT molecular complexity index is 279. The zero-order valence-electron chi connectivity index (χ0n) is 11.1. The molecule has 2 atom stereocenters. The number of carbonyl (C=O) groups is 1. The van der Waals surface area contributed by atoms with E-state index in [1.165, 1.54) is 0 Å². The van der Waals surface area contributed by atoms with E-state index in [-0.39, 0.29) is 24.0 Å². The molecular formula is C13H24N2O3. The fourth-order valence-corrected chi connectivity index (χ4v) is 2.92. The number of piperidine rings is 1. The predicted octanol–water partition coefficient (Wildman–Crippen LogP) is 0.378. The van der Waals surface area contributed by atoms with Crippen LogP contribution in [0.5, 0.6) is 0 Å². The standard InChI is InChI=1S/C13H24N2O3/c1-17-12-2-5-15(11(8-12)9-14)13(16)10-3-6-18-7-4-10/h10-12H,2-9,14H2,1H3. The lowest BCUT2D eigenvalue weighted by atomic mass is 9.93. The summed E-state index contributed by atoms with van der Waals surface area (Å²) >= 11 is 0. The molecule has 0 spiro atoms. The Morgan fingerprint density at radius 2 is 2.11 bits per heavy atom. The highest BCUT2D eigenvalue weighted by molar-refractivity contribution is 5.79. The number of ether oxygens (including phenoxy) is 2. The van der Waals surface area contributed by atoms with Gasteiger partial charge in [-0.3, -0.25) is 4.79 Å². The van der Waals surface area contributed by atoms with E-state index in [1.807, 2.05) is 4.90 Å². The van der Waals surface area contributed by atoms with Gasteiger partial charge in [-0.1, -0.05) is 0 Å². The maximum absolute atomic E-state index is 12.5. The van der Waals surface area contributed by atoms with Gasteiger partial charge in [-0.05, 0) is 25.7 Å². The van der Waals surface area contributed by atoms with Crippen LogP contribution in [0, 0.1) is 5.92 Å². The first-order valence-corrected chi connectivity index (χ1v) is 6.87. The first kappa shape index (κ1) is 13.8. The van der Waals surface area contributed by atoms with Gasteiger partial charge in [0.2, 0.25) is 5.91 Å². The first-order valence-electron chi connectivity index (χ1n) is 6.87. The minimum atomic E-state index is 0.131. The molecule has 104 valence electrons. The van der Waals surface area contributed by atoms with Gasteiger partial charge < -0.3 is 20.1 Å². The molecule has 0 saturated carbocycles. The largest absolute Gasteiger partial charge is 0.381 e. The molecule has 2 saturated heterocycles. The molecule has 0 aliphatic carbocycles. The summed E-state index contributed by atoms with van der Waals surface area (Å²) in [5.74, 6) is 0.398. The Kier molecular flexibility index (Phi) is 4.97. The summed E-state index contributed by atoms with van der Waals surface area (Å²) in [6.07, 6.45) is 3.72. The summed E-state index contributed by atoms with van der Waals surface area (Å²) in [5, 5.41) is 0. The van der Waals surface area contributed by atoms with Crippen molar-refractivity contribution in [3.8, 4) is 0 Å². The van der Waals surface area contributed by atoms with Crippen LogP contribution in [-0.4, -0.2) is 56.4 Å². The summed E-state index contributed by atoms with van der Waals surface area (Å²) in [6.45, 7) is 2.71. The van der Waals surface area contributed by atoms with Crippen molar-refractivity contribution >= 4 is 5.91 Å². The van der Waals surface area contributed by atoms with Gasteiger partial charge >= 0.3 is 0 Å². The lowest BCUT2D eigenvalue weighted by Crippen LogP contribution is -2.53. The Hall–Kier alpha value is -0.650. The van der Waals surface area contributed by atoms with Crippen LogP contribution < -0.4 is 5.73 Å². The van der Waals surface area contributed by atoms with Crippen molar-refractivity contribution in [3.05, 3.63) is 0 Å². The van der Waals surface area contributed by atoms with Crippen molar-refractivity contribution in [2.45, 2.75) is 37.8 Å². The molecule has 5 nitrogen and oxygen atoms in total. The molecule has 0 aromatic carbocycles. The van der Waals surface area contributed by atoms with Crippen LogP contribution >= 0.6 is 0 Å². The maximum Gasteiger partial charge on any atom is 0.226 e. The lowest BCUT2D eigenvalue weighted by Gasteiger charge is -2.40. The topological polar surface area (TPSA) is 64.8 Å².